The minimum Gasteiger partial charge on any atom is -0.486 e. The van der Waals surface area contributed by atoms with Gasteiger partial charge >= 0.3 is 0 Å². The topological polar surface area (TPSA) is 68.5 Å². The molecule has 1 aromatic heterocycles. The summed E-state index contributed by atoms with van der Waals surface area (Å²) in [6.45, 7) is 4.14. The van der Waals surface area contributed by atoms with Crippen molar-refractivity contribution in [3.8, 4) is 5.75 Å². The predicted molar refractivity (Wildman–Crippen MR) is 115 cm³/mol. The molecule has 1 aliphatic heterocycles. The molecule has 30 heavy (non-hydrogen) atoms. The summed E-state index contributed by atoms with van der Waals surface area (Å²) >= 11 is 0. The van der Waals surface area contributed by atoms with Gasteiger partial charge in [-0.05, 0) is 76.3 Å². The number of Topliss-reactive ketones (excluding diaryl/α,β-unsaturated/α-hetero) is 1. The second kappa shape index (κ2) is 7.44. The molecule has 1 amide bonds. The maximum Gasteiger partial charge on any atom is 0.287 e. The quantitative estimate of drug-likeness (QED) is 0.689. The summed E-state index contributed by atoms with van der Waals surface area (Å²) in [5.74, 6) is 1.64. The number of aryl methyl sites for hydroxylation is 1. The molecule has 1 spiro atoms. The second-order valence-electron chi connectivity index (χ2n) is 9.74. The lowest BCUT2D eigenvalue weighted by Gasteiger charge is -2.40. The molecule has 0 unspecified atom stereocenters. The van der Waals surface area contributed by atoms with E-state index in [-0.39, 0.29) is 23.3 Å². The van der Waals surface area contributed by atoms with E-state index in [1.807, 2.05) is 19.1 Å². The van der Waals surface area contributed by atoms with Crippen LogP contribution in [0.25, 0.3) is 11.0 Å². The number of hydrogen-bond donors (Lipinski definition) is 1. The predicted octanol–water partition coefficient (Wildman–Crippen LogP) is 5.72. The van der Waals surface area contributed by atoms with Crippen molar-refractivity contribution < 1.29 is 18.7 Å². The zero-order valence-corrected chi connectivity index (χ0v) is 18.0. The van der Waals surface area contributed by atoms with Crippen molar-refractivity contribution in [2.24, 2.45) is 5.92 Å². The van der Waals surface area contributed by atoms with Crippen LogP contribution in [0, 0.1) is 12.8 Å². The summed E-state index contributed by atoms with van der Waals surface area (Å²) in [7, 11) is 0. The molecule has 1 N–H and O–H groups in total. The van der Waals surface area contributed by atoms with E-state index in [0.29, 0.717) is 29.1 Å². The van der Waals surface area contributed by atoms with Crippen LogP contribution in [0.4, 0.5) is 0 Å². The van der Waals surface area contributed by atoms with Crippen molar-refractivity contribution in [3.05, 3.63) is 29.0 Å². The van der Waals surface area contributed by atoms with E-state index in [1.54, 1.807) is 0 Å². The average molecular weight is 410 g/mol. The van der Waals surface area contributed by atoms with Gasteiger partial charge in [0.15, 0.2) is 11.5 Å². The van der Waals surface area contributed by atoms with Crippen molar-refractivity contribution >= 4 is 22.7 Å². The Morgan fingerprint density at radius 3 is 2.57 bits per heavy atom. The minimum atomic E-state index is -0.341. The highest BCUT2D eigenvalue weighted by Gasteiger charge is 2.42. The summed E-state index contributed by atoms with van der Waals surface area (Å²) in [5, 5.41) is 3.89. The largest absolute Gasteiger partial charge is 0.486 e. The Morgan fingerprint density at radius 2 is 1.83 bits per heavy atom. The molecule has 2 heterocycles. The number of amides is 1. The van der Waals surface area contributed by atoms with Gasteiger partial charge in [-0.15, -0.1) is 0 Å². The molecule has 3 aliphatic rings. The number of nitrogens with one attached hydrogen (secondary N) is 1. The van der Waals surface area contributed by atoms with Crippen LogP contribution in [-0.2, 0) is 0 Å². The molecular weight excluding hydrogens is 378 g/mol. The maximum atomic E-state index is 13.2. The lowest BCUT2D eigenvalue weighted by molar-refractivity contribution is 0.0139. The molecule has 160 valence electrons. The van der Waals surface area contributed by atoms with Crippen LogP contribution in [0.3, 0.4) is 0 Å². The summed E-state index contributed by atoms with van der Waals surface area (Å²) in [5.41, 5.74) is 1.58. The van der Waals surface area contributed by atoms with Crippen LogP contribution < -0.4 is 10.1 Å². The van der Waals surface area contributed by atoms with Crippen LogP contribution >= 0.6 is 0 Å². The summed E-state index contributed by atoms with van der Waals surface area (Å²) in [6, 6.07) is 3.89. The normalized spacial score (nSPS) is 25.7. The molecule has 0 saturated heterocycles. The highest BCUT2D eigenvalue weighted by atomic mass is 16.5. The zero-order chi connectivity index (χ0) is 20.9. The molecule has 1 aromatic carbocycles. The first-order valence-electron chi connectivity index (χ1n) is 11.5. The van der Waals surface area contributed by atoms with Gasteiger partial charge in [0.05, 0.1) is 12.0 Å². The number of fused-ring (bicyclic) bond motifs is 3. The molecule has 0 atom stereocenters. The first-order chi connectivity index (χ1) is 14.5. The fraction of sp³-hybridized carbons (Fsp3) is 0.600. The minimum absolute atomic E-state index is 0.112. The SMILES string of the molecule is Cc1c(C(=O)NC2CCC(C)CC2)oc2ccc3c(c12)C(=O)CC1(CCCCC1)O3. The highest BCUT2D eigenvalue weighted by molar-refractivity contribution is 6.13. The van der Waals surface area contributed by atoms with Crippen LogP contribution in [-0.4, -0.2) is 23.3 Å². The number of ether oxygens (including phenoxy) is 1. The molecule has 2 aromatic rings. The fourth-order valence-corrected chi connectivity index (χ4v) is 5.68. The maximum absolute atomic E-state index is 13.2. The van der Waals surface area contributed by atoms with Gasteiger partial charge in [0.2, 0.25) is 0 Å². The average Bonchev–Trinajstić information content (AvgIpc) is 3.07. The second-order valence-corrected chi connectivity index (χ2v) is 9.74. The Labute approximate surface area is 177 Å². The molecule has 5 heteroatoms. The summed E-state index contributed by atoms with van der Waals surface area (Å²) in [4.78, 5) is 26.2. The van der Waals surface area contributed by atoms with E-state index in [9.17, 15) is 9.59 Å². The molecule has 0 radical (unpaired) electrons. The number of carbonyl (C=O) groups is 2. The van der Waals surface area contributed by atoms with Gasteiger partial charge in [-0.2, -0.15) is 0 Å². The van der Waals surface area contributed by atoms with E-state index in [2.05, 4.69) is 12.2 Å². The molecule has 2 aliphatic carbocycles. The van der Waals surface area contributed by atoms with Gasteiger partial charge in [-0.25, -0.2) is 0 Å². The van der Waals surface area contributed by atoms with Gasteiger partial charge in [-0.1, -0.05) is 13.3 Å². The molecule has 5 rings (SSSR count). The van der Waals surface area contributed by atoms with Crippen LogP contribution in [0.15, 0.2) is 16.5 Å². The third kappa shape index (κ3) is 3.32. The first-order valence-corrected chi connectivity index (χ1v) is 11.5. The Hall–Kier alpha value is -2.30. The Morgan fingerprint density at radius 1 is 1.10 bits per heavy atom. The van der Waals surface area contributed by atoms with E-state index >= 15 is 0 Å². The van der Waals surface area contributed by atoms with Crippen LogP contribution in [0.2, 0.25) is 0 Å². The van der Waals surface area contributed by atoms with E-state index in [0.717, 1.165) is 68.2 Å². The Balaban J connectivity index is 1.46. The number of hydrogen-bond acceptors (Lipinski definition) is 4. The fourth-order valence-electron chi connectivity index (χ4n) is 5.68. The Bertz CT molecular complexity index is 990. The molecule has 2 fully saturated rings. The molecule has 0 bridgehead atoms. The van der Waals surface area contributed by atoms with Crippen LogP contribution in [0.1, 0.15) is 97.6 Å². The van der Waals surface area contributed by atoms with E-state index in [4.69, 9.17) is 9.15 Å². The zero-order valence-electron chi connectivity index (χ0n) is 18.0. The van der Waals surface area contributed by atoms with Crippen molar-refractivity contribution in [1.82, 2.24) is 5.32 Å². The summed E-state index contributed by atoms with van der Waals surface area (Å²) < 4.78 is 12.4. The summed E-state index contributed by atoms with van der Waals surface area (Å²) in [6.07, 6.45) is 10.0. The monoisotopic (exact) mass is 409 g/mol. The van der Waals surface area contributed by atoms with Gasteiger partial charge < -0.3 is 14.5 Å². The van der Waals surface area contributed by atoms with E-state index < -0.39 is 0 Å². The standard InChI is InChI=1S/C25H31NO4/c1-15-6-8-17(9-7-15)26-24(28)23-16(2)21-19(29-23)10-11-20-22(21)18(27)14-25(30-20)12-4-3-5-13-25/h10-11,15,17H,3-9,12-14H2,1-2H3,(H,26,28). The number of benzene rings is 1. The van der Waals surface area contributed by atoms with Crippen molar-refractivity contribution in [2.75, 3.05) is 0 Å². The third-order valence-electron chi connectivity index (χ3n) is 7.47. The third-order valence-corrected chi connectivity index (χ3v) is 7.47. The lowest BCUT2D eigenvalue weighted by atomic mass is 9.78. The molecule has 2 saturated carbocycles. The van der Waals surface area contributed by atoms with Gasteiger partial charge in [0.1, 0.15) is 16.9 Å². The van der Waals surface area contributed by atoms with Crippen molar-refractivity contribution in [2.45, 2.75) is 89.7 Å². The van der Waals surface area contributed by atoms with Gasteiger partial charge in [0.25, 0.3) is 5.91 Å². The van der Waals surface area contributed by atoms with Gasteiger partial charge in [0, 0.05) is 17.0 Å². The number of carbonyl (C=O) groups excluding carboxylic acids is 2. The highest BCUT2D eigenvalue weighted by Crippen LogP contribution is 2.45. The number of rotatable bonds is 2. The van der Waals surface area contributed by atoms with E-state index in [1.165, 1.54) is 6.42 Å². The van der Waals surface area contributed by atoms with Crippen molar-refractivity contribution in [1.29, 1.82) is 0 Å². The number of furan rings is 1. The molecule has 5 nitrogen and oxygen atoms in total. The smallest absolute Gasteiger partial charge is 0.287 e. The van der Waals surface area contributed by atoms with Crippen molar-refractivity contribution in [3.63, 3.8) is 0 Å². The van der Waals surface area contributed by atoms with Gasteiger partial charge in [-0.3, -0.25) is 9.59 Å². The first kappa shape index (κ1) is 19.7. The number of ketones is 1. The lowest BCUT2D eigenvalue weighted by Crippen LogP contribution is -2.43. The van der Waals surface area contributed by atoms with Crippen LogP contribution in [0.5, 0.6) is 5.75 Å². The molecular formula is C25H31NO4. The Kier molecular flexibility index (Phi) is 4.87.